The molecule has 4 heteroatoms. The molecule has 0 saturated heterocycles. The van der Waals surface area contributed by atoms with Gasteiger partial charge in [0, 0.05) is 0 Å². The Labute approximate surface area is 184 Å². The minimum Gasteiger partial charge on any atom is -1.00 e. The Kier molecular flexibility index (Phi) is 17.8. The monoisotopic (exact) mass is 422 g/mol. The summed E-state index contributed by atoms with van der Waals surface area (Å²) >= 11 is 0. The average molecular weight is 423 g/mol. The van der Waals surface area contributed by atoms with E-state index in [2.05, 4.69) is 66.6 Å². The molecule has 1 rings (SSSR count). The maximum atomic E-state index is 2.56. The predicted molar refractivity (Wildman–Crippen MR) is 100 cm³/mol. The van der Waals surface area contributed by atoms with Gasteiger partial charge in [-0.1, -0.05) is 73.1 Å². The van der Waals surface area contributed by atoms with E-state index in [1.165, 1.54) is 25.7 Å². The van der Waals surface area contributed by atoms with Crippen LogP contribution in [0, 0.1) is 0 Å². The molecule has 25 heavy (non-hydrogen) atoms. The number of likely N-dealkylation sites (N-methyl/N-ethyl adjacent to an activating group) is 1. The molecule has 1 aromatic carbocycles. The van der Waals surface area contributed by atoms with Gasteiger partial charge in [-0.2, -0.15) is 16.7 Å². The molecule has 0 aliphatic heterocycles. The Morgan fingerprint density at radius 3 is 1.76 bits per heavy atom. The first kappa shape index (κ1) is 30.3. The molecule has 0 bridgehead atoms. The fourth-order valence-electron chi connectivity index (χ4n) is 3.35. The molecule has 3 atom stereocenters. The van der Waals surface area contributed by atoms with Gasteiger partial charge in [0.2, 0.25) is 0 Å². The minimum atomic E-state index is 0. The fraction of sp³-hybridized carbons (Fsp3) is 0.762. The van der Waals surface area contributed by atoms with E-state index < -0.39 is 0 Å². The van der Waals surface area contributed by atoms with Gasteiger partial charge in [-0.05, 0) is 32.5 Å². The molecule has 1 nitrogen and oxygen atoms in total. The summed E-state index contributed by atoms with van der Waals surface area (Å²) in [6, 6.07) is 2.56. The van der Waals surface area contributed by atoms with Gasteiger partial charge in [0.05, 0.1) is 0 Å². The summed E-state index contributed by atoms with van der Waals surface area (Å²) in [5.74, 6) is 2.04. The SMILES string of the molecule is CCC(C)c1cc(C(C)CC)[c-](CCN(C)C)c1C(C)CC.[Cl-].[Cl-].[Ti+3]. The van der Waals surface area contributed by atoms with E-state index in [0.29, 0.717) is 17.8 Å². The van der Waals surface area contributed by atoms with Crippen LogP contribution in [0.5, 0.6) is 0 Å². The van der Waals surface area contributed by atoms with E-state index in [1.54, 1.807) is 22.3 Å². The molecule has 0 spiro atoms. The zero-order valence-electron chi connectivity index (χ0n) is 17.5. The number of rotatable bonds is 9. The third-order valence-electron chi connectivity index (χ3n) is 5.50. The largest absolute Gasteiger partial charge is 3.00 e. The number of hydrogen-bond acceptors (Lipinski definition) is 1. The summed E-state index contributed by atoms with van der Waals surface area (Å²) < 4.78 is 0. The van der Waals surface area contributed by atoms with Crippen LogP contribution in [0.3, 0.4) is 0 Å². The third kappa shape index (κ3) is 8.02. The van der Waals surface area contributed by atoms with Crippen LogP contribution in [0.1, 0.15) is 101 Å². The summed E-state index contributed by atoms with van der Waals surface area (Å²) in [6.45, 7) is 15.3. The molecule has 145 valence electrons. The summed E-state index contributed by atoms with van der Waals surface area (Å²) in [6.07, 6.45) is 4.91. The van der Waals surface area contributed by atoms with Crippen molar-refractivity contribution in [2.45, 2.75) is 85.0 Å². The quantitative estimate of drug-likeness (QED) is 0.401. The Balaban J connectivity index is -0.00000161. The average Bonchev–Trinajstić information content (AvgIpc) is 2.89. The van der Waals surface area contributed by atoms with Crippen LogP contribution in [0.15, 0.2) is 6.07 Å². The Morgan fingerprint density at radius 2 is 1.36 bits per heavy atom. The van der Waals surface area contributed by atoms with Crippen LogP contribution in [-0.2, 0) is 28.1 Å². The second kappa shape index (κ2) is 14.6. The zero-order chi connectivity index (χ0) is 16.9. The second-order valence-electron chi connectivity index (χ2n) is 7.43. The van der Waals surface area contributed by atoms with E-state index in [4.69, 9.17) is 0 Å². The van der Waals surface area contributed by atoms with Crippen LogP contribution in [-0.4, -0.2) is 25.5 Å². The molecule has 0 amide bonds. The first-order valence-electron chi connectivity index (χ1n) is 9.34. The van der Waals surface area contributed by atoms with Crippen molar-refractivity contribution in [3.05, 3.63) is 28.3 Å². The standard InChI is InChI=1S/C21H38N.2ClH.Ti/c1-9-15(4)19-14-20(16(5)10-2)21(17(6)11-3)18(19)12-13-22(7)8;;;/h14-17H,9-13H2,1-8H3;2*1H;/q-1;;;+3/p-2. The maximum Gasteiger partial charge on any atom is 3.00 e. The first-order valence-corrected chi connectivity index (χ1v) is 9.34. The second-order valence-corrected chi connectivity index (χ2v) is 7.43. The molecular formula is C21H38Cl2NTi. The van der Waals surface area contributed by atoms with E-state index >= 15 is 0 Å². The topological polar surface area (TPSA) is 3.24 Å². The number of halogens is 2. The molecule has 0 heterocycles. The summed E-state index contributed by atoms with van der Waals surface area (Å²) in [4.78, 5) is 2.32. The fourth-order valence-corrected chi connectivity index (χ4v) is 3.35. The van der Waals surface area contributed by atoms with Gasteiger partial charge in [-0.25, -0.2) is 6.07 Å². The van der Waals surface area contributed by atoms with Crippen molar-refractivity contribution in [3.63, 3.8) is 0 Å². The molecule has 0 aromatic heterocycles. The Morgan fingerprint density at radius 1 is 0.880 bits per heavy atom. The van der Waals surface area contributed by atoms with Gasteiger partial charge >= 0.3 is 21.7 Å². The molecule has 3 unspecified atom stereocenters. The van der Waals surface area contributed by atoms with E-state index in [1.807, 2.05) is 0 Å². The van der Waals surface area contributed by atoms with Gasteiger partial charge in [0.25, 0.3) is 0 Å². The van der Waals surface area contributed by atoms with Gasteiger partial charge in [-0.15, -0.1) is 5.56 Å². The normalized spacial score (nSPS) is 14.1. The van der Waals surface area contributed by atoms with Crippen molar-refractivity contribution < 1.29 is 46.5 Å². The molecule has 0 fully saturated rings. The summed E-state index contributed by atoms with van der Waals surface area (Å²) in [7, 11) is 4.37. The molecule has 0 aliphatic carbocycles. The van der Waals surface area contributed by atoms with E-state index in [0.717, 1.165) is 6.54 Å². The third-order valence-corrected chi connectivity index (χ3v) is 5.50. The van der Waals surface area contributed by atoms with Gasteiger partial charge in [0.15, 0.2) is 0 Å². The molecule has 0 aliphatic rings. The molecule has 0 N–H and O–H groups in total. The molecule has 0 saturated carbocycles. The van der Waals surface area contributed by atoms with Crippen molar-refractivity contribution >= 4 is 0 Å². The van der Waals surface area contributed by atoms with E-state index in [-0.39, 0.29) is 46.5 Å². The van der Waals surface area contributed by atoms with Crippen LogP contribution in [0.25, 0.3) is 0 Å². The maximum absolute atomic E-state index is 2.56. The van der Waals surface area contributed by atoms with Gasteiger partial charge < -0.3 is 29.7 Å². The first-order chi connectivity index (χ1) is 10.4. The van der Waals surface area contributed by atoms with Crippen molar-refractivity contribution in [1.82, 2.24) is 4.90 Å². The van der Waals surface area contributed by atoms with Crippen molar-refractivity contribution in [3.8, 4) is 0 Å². The zero-order valence-corrected chi connectivity index (χ0v) is 20.6. The van der Waals surface area contributed by atoms with Crippen LogP contribution in [0.2, 0.25) is 0 Å². The molecular weight excluding hydrogens is 385 g/mol. The smallest absolute Gasteiger partial charge is 1.00 e. The van der Waals surface area contributed by atoms with Crippen molar-refractivity contribution in [1.29, 1.82) is 0 Å². The summed E-state index contributed by atoms with van der Waals surface area (Å²) in [5.41, 5.74) is 6.64. The van der Waals surface area contributed by atoms with Crippen LogP contribution >= 0.6 is 0 Å². The van der Waals surface area contributed by atoms with Crippen LogP contribution < -0.4 is 24.8 Å². The number of nitrogens with zero attached hydrogens (tertiary/aromatic N) is 1. The summed E-state index contributed by atoms with van der Waals surface area (Å²) in [5, 5.41) is 0. The van der Waals surface area contributed by atoms with Crippen molar-refractivity contribution in [2.24, 2.45) is 0 Å². The number of hydrogen-bond donors (Lipinski definition) is 0. The predicted octanol–water partition coefficient (Wildman–Crippen LogP) is 0.0556. The van der Waals surface area contributed by atoms with E-state index in [9.17, 15) is 0 Å². The molecule has 1 aromatic rings. The van der Waals surface area contributed by atoms with Gasteiger partial charge in [0.1, 0.15) is 0 Å². The van der Waals surface area contributed by atoms with Crippen LogP contribution in [0.4, 0.5) is 0 Å². The molecule has 1 radical (unpaired) electrons. The van der Waals surface area contributed by atoms with Gasteiger partial charge in [-0.3, -0.25) is 0 Å². The minimum absolute atomic E-state index is 0. The Hall–Kier alpha value is 0.604. The Bertz CT molecular complexity index is 457. The van der Waals surface area contributed by atoms with Crippen molar-refractivity contribution in [2.75, 3.05) is 20.6 Å².